The van der Waals surface area contributed by atoms with Gasteiger partial charge in [0.15, 0.2) is 0 Å². The average Bonchev–Trinajstić information content (AvgIpc) is 2.48. The summed E-state index contributed by atoms with van der Waals surface area (Å²) in [6.07, 6.45) is -0.189. The predicted octanol–water partition coefficient (Wildman–Crippen LogP) is 3.95. The smallest absolute Gasteiger partial charge is 0.118 e. The first kappa shape index (κ1) is 15.8. The molecule has 0 bridgehead atoms. The molecular formula is C17H20ClNO2. The van der Waals surface area contributed by atoms with Crippen LogP contribution in [-0.4, -0.2) is 13.2 Å². The quantitative estimate of drug-likeness (QED) is 0.878. The second-order valence-electron chi connectivity index (χ2n) is 4.99. The van der Waals surface area contributed by atoms with Crippen molar-refractivity contribution in [1.29, 1.82) is 0 Å². The van der Waals surface area contributed by atoms with Crippen molar-refractivity contribution in [1.82, 2.24) is 0 Å². The summed E-state index contributed by atoms with van der Waals surface area (Å²) in [5.74, 6) is 0.831. The van der Waals surface area contributed by atoms with Crippen LogP contribution in [0.1, 0.15) is 24.2 Å². The fourth-order valence-corrected chi connectivity index (χ4v) is 2.34. The maximum absolute atomic E-state index is 6.04. The summed E-state index contributed by atoms with van der Waals surface area (Å²) in [5, 5.41) is 0.686. The Balaban J connectivity index is 2.06. The Bertz CT molecular complexity index is 569. The van der Waals surface area contributed by atoms with Crippen molar-refractivity contribution in [2.24, 2.45) is 5.73 Å². The van der Waals surface area contributed by atoms with E-state index in [1.165, 1.54) is 0 Å². The molecule has 0 aliphatic heterocycles. The van der Waals surface area contributed by atoms with Gasteiger partial charge in [0, 0.05) is 11.1 Å². The number of hydrogen-bond donors (Lipinski definition) is 1. The van der Waals surface area contributed by atoms with Crippen molar-refractivity contribution >= 4 is 11.6 Å². The van der Waals surface area contributed by atoms with Gasteiger partial charge in [0.05, 0.1) is 19.8 Å². The molecule has 2 atom stereocenters. The molecule has 0 radical (unpaired) electrons. The van der Waals surface area contributed by atoms with E-state index in [1.807, 2.05) is 55.5 Å². The third-order valence-electron chi connectivity index (χ3n) is 3.24. The lowest BCUT2D eigenvalue weighted by Crippen LogP contribution is -2.26. The highest BCUT2D eigenvalue weighted by atomic mass is 35.5. The molecule has 0 fully saturated rings. The summed E-state index contributed by atoms with van der Waals surface area (Å²) in [6.45, 7) is 2.42. The van der Waals surface area contributed by atoms with Crippen molar-refractivity contribution in [2.75, 3.05) is 7.11 Å². The van der Waals surface area contributed by atoms with Gasteiger partial charge in [0.25, 0.3) is 0 Å². The highest BCUT2D eigenvalue weighted by Crippen LogP contribution is 2.25. The van der Waals surface area contributed by atoms with Crippen LogP contribution in [0.4, 0.5) is 0 Å². The lowest BCUT2D eigenvalue weighted by Gasteiger charge is -2.22. The van der Waals surface area contributed by atoms with Crippen molar-refractivity contribution in [2.45, 2.75) is 25.7 Å². The molecule has 0 saturated carbocycles. The number of methoxy groups -OCH3 is 1. The Labute approximate surface area is 130 Å². The van der Waals surface area contributed by atoms with Gasteiger partial charge in [-0.05, 0) is 42.3 Å². The highest BCUT2D eigenvalue weighted by Gasteiger charge is 2.17. The monoisotopic (exact) mass is 305 g/mol. The Morgan fingerprint density at radius 3 is 2.43 bits per heavy atom. The van der Waals surface area contributed by atoms with Gasteiger partial charge in [0.1, 0.15) is 5.75 Å². The summed E-state index contributed by atoms with van der Waals surface area (Å²) in [4.78, 5) is 0. The Kier molecular flexibility index (Phi) is 5.62. The summed E-state index contributed by atoms with van der Waals surface area (Å²) < 4.78 is 11.1. The van der Waals surface area contributed by atoms with Crippen LogP contribution < -0.4 is 10.5 Å². The van der Waals surface area contributed by atoms with Gasteiger partial charge in [-0.1, -0.05) is 35.9 Å². The van der Waals surface area contributed by atoms with Crippen LogP contribution in [0.25, 0.3) is 0 Å². The Morgan fingerprint density at radius 1 is 1.14 bits per heavy atom. The third kappa shape index (κ3) is 4.46. The lowest BCUT2D eigenvalue weighted by molar-refractivity contribution is 0.0259. The van der Waals surface area contributed by atoms with E-state index in [1.54, 1.807) is 7.11 Å². The number of hydrogen-bond acceptors (Lipinski definition) is 3. The predicted molar refractivity (Wildman–Crippen MR) is 85.6 cm³/mol. The number of nitrogens with two attached hydrogens (primary N) is 1. The Hall–Kier alpha value is -1.55. The van der Waals surface area contributed by atoms with Gasteiger partial charge < -0.3 is 15.2 Å². The van der Waals surface area contributed by atoms with Crippen LogP contribution in [0, 0.1) is 0 Å². The SMILES string of the molecule is COc1ccc(COC(c2cccc(Cl)c2)C(C)N)cc1. The number of ether oxygens (including phenoxy) is 2. The van der Waals surface area contributed by atoms with E-state index in [0.29, 0.717) is 11.6 Å². The van der Waals surface area contributed by atoms with E-state index < -0.39 is 0 Å². The summed E-state index contributed by atoms with van der Waals surface area (Å²) in [6, 6.07) is 15.3. The zero-order valence-corrected chi connectivity index (χ0v) is 13.0. The minimum Gasteiger partial charge on any atom is -0.497 e. The first-order chi connectivity index (χ1) is 10.1. The molecule has 2 unspecified atom stereocenters. The van der Waals surface area contributed by atoms with Crippen molar-refractivity contribution < 1.29 is 9.47 Å². The molecule has 0 aliphatic rings. The van der Waals surface area contributed by atoms with E-state index in [4.69, 9.17) is 26.8 Å². The van der Waals surface area contributed by atoms with Crippen molar-refractivity contribution in [3.8, 4) is 5.75 Å². The van der Waals surface area contributed by atoms with Gasteiger partial charge in [-0.2, -0.15) is 0 Å². The van der Waals surface area contributed by atoms with Gasteiger partial charge in [-0.3, -0.25) is 0 Å². The maximum Gasteiger partial charge on any atom is 0.118 e. The van der Waals surface area contributed by atoms with Crippen LogP contribution in [-0.2, 0) is 11.3 Å². The fraction of sp³-hybridized carbons (Fsp3) is 0.294. The number of benzene rings is 2. The molecule has 0 saturated heterocycles. The van der Waals surface area contributed by atoms with Crippen LogP contribution in [0.2, 0.25) is 5.02 Å². The van der Waals surface area contributed by atoms with E-state index in [2.05, 4.69) is 0 Å². The van der Waals surface area contributed by atoms with E-state index in [9.17, 15) is 0 Å². The van der Waals surface area contributed by atoms with Gasteiger partial charge >= 0.3 is 0 Å². The standard InChI is InChI=1S/C17H20ClNO2/c1-12(19)17(14-4-3-5-15(18)10-14)21-11-13-6-8-16(20-2)9-7-13/h3-10,12,17H,11,19H2,1-2H3. The van der Waals surface area contributed by atoms with Gasteiger partial charge in [-0.25, -0.2) is 0 Å². The molecule has 3 nitrogen and oxygen atoms in total. The molecular weight excluding hydrogens is 286 g/mol. The minimum atomic E-state index is -0.189. The van der Waals surface area contributed by atoms with E-state index in [-0.39, 0.29) is 12.1 Å². The van der Waals surface area contributed by atoms with Crippen LogP contribution in [0.15, 0.2) is 48.5 Å². The average molecular weight is 306 g/mol. The normalized spacial score (nSPS) is 13.7. The van der Waals surface area contributed by atoms with Crippen molar-refractivity contribution in [3.63, 3.8) is 0 Å². The number of halogens is 1. The van der Waals surface area contributed by atoms with Gasteiger partial charge in [0.2, 0.25) is 0 Å². The topological polar surface area (TPSA) is 44.5 Å². The largest absolute Gasteiger partial charge is 0.497 e. The molecule has 2 rings (SSSR count). The summed E-state index contributed by atoms with van der Waals surface area (Å²) in [5.41, 5.74) is 8.10. The van der Waals surface area contributed by atoms with Crippen LogP contribution in [0.5, 0.6) is 5.75 Å². The second kappa shape index (κ2) is 7.46. The molecule has 2 aromatic carbocycles. The molecule has 2 aromatic rings. The van der Waals surface area contributed by atoms with E-state index >= 15 is 0 Å². The lowest BCUT2D eigenvalue weighted by atomic mass is 10.0. The van der Waals surface area contributed by atoms with E-state index in [0.717, 1.165) is 16.9 Å². The fourth-order valence-electron chi connectivity index (χ4n) is 2.14. The third-order valence-corrected chi connectivity index (χ3v) is 3.48. The first-order valence-corrected chi connectivity index (χ1v) is 7.23. The summed E-state index contributed by atoms with van der Waals surface area (Å²) >= 11 is 6.03. The molecule has 0 spiro atoms. The zero-order valence-electron chi connectivity index (χ0n) is 12.3. The zero-order chi connectivity index (χ0) is 15.2. The van der Waals surface area contributed by atoms with Crippen molar-refractivity contribution in [3.05, 3.63) is 64.7 Å². The van der Waals surface area contributed by atoms with Crippen LogP contribution >= 0.6 is 11.6 Å². The maximum atomic E-state index is 6.04. The molecule has 112 valence electrons. The molecule has 0 aliphatic carbocycles. The Morgan fingerprint density at radius 2 is 1.86 bits per heavy atom. The molecule has 0 heterocycles. The molecule has 0 aromatic heterocycles. The molecule has 2 N–H and O–H groups in total. The molecule has 4 heteroatoms. The summed E-state index contributed by atoms with van der Waals surface area (Å²) in [7, 11) is 1.65. The minimum absolute atomic E-state index is 0.123. The number of rotatable bonds is 6. The van der Waals surface area contributed by atoms with Crippen LogP contribution in [0.3, 0.4) is 0 Å². The van der Waals surface area contributed by atoms with Gasteiger partial charge in [-0.15, -0.1) is 0 Å². The first-order valence-electron chi connectivity index (χ1n) is 6.85. The molecule has 0 amide bonds. The molecule has 21 heavy (non-hydrogen) atoms. The highest BCUT2D eigenvalue weighted by molar-refractivity contribution is 6.30. The second-order valence-corrected chi connectivity index (χ2v) is 5.43.